The van der Waals surface area contributed by atoms with Crippen LogP contribution in [-0.2, 0) is 0 Å². The van der Waals surface area contributed by atoms with Crippen molar-refractivity contribution in [1.29, 1.82) is 0 Å². The first kappa shape index (κ1) is 27.7. The van der Waals surface area contributed by atoms with Crippen molar-refractivity contribution in [3.63, 3.8) is 0 Å². The number of aromatic nitrogens is 4. The molecule has 0 bridgehead atoms. The fourth-order valence-corrected chi connectivity index (χ4v) is 3.35. The van der Waals surface area contributed by atoms with Crippen LogP contribution in [-0.4, -0.2) is 44.3 Å². The molecular weight excluding hydrogens is 556 g/mol. The fourth-order valence-electron chi connectivity index (χ4n) is 2.47. The normalized spacial score (nSPS) is 10.0. The van der Waals surface area contributed by atoms with Crippen LogP contribution in [0.2, 0.25) is 0 Å². The van der Waals surface area contributed by atoms with Crippen LogP contribution in [0.25, 0.3) is 0 Å². The molecule has 4 N–H and O–H groups in total. The summed E-state index contributed by atoms with van der Waals surface area (Å²) in [6.07, 6.45) is 0. The minimum absolute atomic E-state index is 0.152. The lowest BCUT2D eigenvalue weighted by Gasteiger charge is -2.05. The molecule has 2 aromatic heterocycles. The quantitative estimate of drug-likeness (QED) is 0.271. The van der Waals surface area contributed by atoms with Gasteiger partial charge in [0.05, 0.1) is 0 Å². The number of hydrogen-bond acceptors (Lipinski definition) is 10. The van der Waals surface area contributed by atoms with E-state index < -0.39 is 58.3 Å². The number of rotatable bonds is 4. The standard InChI is InChI=1S/2C10H6F2N4O2S/c2*11-5-2-1-3-6(12)7(5)8(17)14-9(18)15-10-16-13-4-19-10/h2*1-4H,(H2,14,15,16,17,18). The molecular formula is C20H12F4N8O4S2. The molecule has 12 nitrogen and oxygen atoms in total. The van der Waals surface area contributed by atoms with Crippen LogP contribution in [0.3, 0.4) is 0 Å². The molecule has 0 aliphatic rings. The highest BCUT2D eigenvalue weighted by Gasteiger charge is 2.20. The summed E-state index contributed by atoms with van der Waals surface area (Å²) >= 11 is 2.05. The van der Waals surface area contributed by atoms with Gasteiger partial charge in [-0.25, -0.2) is 27.2 Å². The molecule has 18 heteroatoms. The Morgan fingerprint density at radius 3 is 1.24 bits per heavy atom. The number of carbonyl (C=O) groups is 4. The van der Waals surface area contributed by atoms with Crippen LogP contribution in [0.4, 0.5) is 37.4 Å². The van der Waals surface area contributed by atoms with Gasteiger partial charge < -0.3 is 0 Å². The number of carbonyl (C=O) groups excluding carboxylic acids is 4. The predicted octanol–water partition coefficient (Wildman–Crippen LogP) is 3.56. The van der Waals surface area contributed by atoms with Crippen molar-refractivity contribution in [3.8, 4) is 0 Å². The maximum Gasteiger partial charge on any atom is 0.328 e. The van der Waals surface area contributed by atoms with Crippen molar-refractivity contribution in [2.45, 2.75) is 0 Å². The summed E-state index contributed by atoms with van der Waals surface area (Å²) in [5.74, 6) is -6.58. The lowest BCUT2D eigenvalue weighted by molar-refractivity contribution is 0.0948. The van der Waals surface area contributed by atoms with E-state index in [4.69, 9.17) is 0 Å². The number of imide groups is 2. The van der Waals surface area contributed by atoms with Crippen LogP contribution >= 0.6 is 22.7 Å². The summed E-state index contributed by atoms with van der Waals surface area (Å²) in [5, 5.41) is 22.2. The molecule has 38 heavy (non-hydrogen) atoms. The van der Waals surface area contributed by atoms with E-state index >= 15 is 0 Å². The molecule has 0 atom stereocenters. The molecule has 0 fully saturated rings. The number of halogens is 4. The Morgan fingerprint density at radius 2 is 0.947 bits per heavy atom. The first-order chi connectivity index (χ1) is 18.2. The minimum atomic E-state index is -1.18. The number of amides is 6. The summed E-state index contributed by atoms with van der Waals surface area (Å²) in [6.45, 7) is 0. The van der Waals surface area contributed by atoms with E-state index in [9.17, 15) is 36.7 Å². The number of anilines is 2. The van der Waals surface area contributed by atoms with E-state index in [1.54, 1.807) is 10.6 Å². The van der Waals surface area contributed by atoms with Crippen LogP contribution in [0, 0.1) is 23.3 Å². The molecule has 2 heterocycles. The molecule has 196 valence electrons. The molecule has 0 unspecified atom stereocenters. The molecule has 4 rings (SSSR count). The van der Waals surface area contributed by atoms with Gasteiger partial charge in [0.1, 0.15) is 45.4 Å². The Balaban J connectivity index is 0.000000211. The second kappa shape index (κ2) is 12.9. The smallest absolute Gasteiger partial charge is 0.282 e. The SMILES string of the molecule is O=C(NC(=O)c1c(F)cccc1F)Nc1nncs1.O=C(NC(=O)c1c(F)cccc1F)Nc1nncs1. The molecule has 2 aromatic carbocycles. The zero-order chi connectivity index (χ0) is 27.7. The van der Waals surface area contributed by atoms with E-state index in [0.29, 0.717) is 0 Å². The zero-order valence-electron chi connectivity index (χ0n) is 18.4. The maximum atomic E-state index is 13.3. The molecule has 4 aromatic rings. The lowest BCUT2D eigenvalue weighted by Crippen LogP contribution is -2.35. The van der Waals surface area contributed by atoms with Gasteiger partial charge in [0.15, 0.2) is 0 Å². The number of nitrogens with one attached hydrogen (secondary N) is 4. The predicted molar refractivity (Wildman–Crippen MR) is 126 cm³/mol. The molecule has 0 aliphatic carbocycles. The summed E-state index contributed by atoms with van der Waals surface area (Å²) in [4.78, 5) is 45.8. The van der Waals surface area contributed by atoms with Gasteiger partial charge in [0, 0.05) is 0 Å². The number of hydrogen-bond donors (Lipinski definition) is 4. The van der Waals surface area contributed by atoms with Gasteiger partial charge in [-0.1, -0.05) is 34.8 Å². The molecule has 0 radical (unpaired) electrons. The topological polar surface area (TPSA) is 168 Å². The minimum Gasteiger partial charge on any atom is -0.282 e. The Bertz CT molecular complexity index is 1310. The van der Waals surface area contributed by atoms with Crippen LogP contribution in [0.15, 0.2) is 47.4 Å². The van der Waals surface area contributed by atoms with Gasteiger partial charge in [0.25, 0.3) is 11.8 Å². The van der Waals surface area contributed by atoms with Gasteiger partial charge in [-0.05, 0) is 24.3 Å². The zero-order valence-corrected chi connectivity index (χ0v) is 20.0. The van der Waals surface area contributed by atoms with Gasteiger partial charge >= 0.3 is 12.1 Å². The van der Waals surface area contributed by atoms with Crippen LogP contribution in [0.5, 0.6) is 0 Å². The van der Waals surface area contributed by atoms with Crippen LogP contribution < -0.4 is 21.3 Å². The maximum absolute atomic E-state index is 13.3. The third-order valence-electron chi connectivity index (χ3n) is 3.99. The Morgan fingerprint density at radius 1 is 0.605 bits per heavy atom. The highest BCUT2D eigenvalue weighted by atomic mass is 32.1. The fraction of sp³-hybridized carbons (Fsp3) is 0. The molecule has 0 saturated carbocycles. The Labute approximate surface area is 217 Å². The number of urea groups is 2. The van der Waals surface area contributed by atoms with E-state index in [2.05, 4.69) is 31.0 Å². The van der Waals surface area contributed by atoms with Crippen molar-refractivity contribution in [2.24, 2.45) is 0 Å². The summed E-state index contributed by atoms with van der Waals surface area (Å²) < 4.78 is 53.1. The van der Waals surface area contributed by atoms with Gasteiger partial charge in [-0.15, -0.1) is 20.4 Å². The first-order valence-corrected chi connectivity index (χ1v) is 11.6. The van der Waals surface area contributed by atoms with Gasteiger partial charge in [0.2, 0.25) is 10.3 Å². The Hall–Kier alpha value is -4.84. The summed E-state index contributed by atoms with van der Waals surface area (Å²) in [5.41, 5.74) is 1.09. The molecule has 0 saturated heterocycles. The van der Waals surface area contributed by atoms with Crippen LogP contribution in [0.1, 0.15) is 20.7 Å². The van der Waals surface area contributed by atoms with E-state index in [-0.39, 0.29) is 10.3 Å². The summed E-state index contributed by atoms with van der Waals surface area (Å²) in [7, 11) is 0. The van der Waals surface area contributed by atoms with Crippen molar-refractivity contribution >= 4 is 56.8 Å². The van der Waals surface area contributed by atoms with E-state index in [1.165, 1.54) is 11.0 Å². The summed E-state index contributed by atoms with van der Waals surface area (Å²) in [6, 6.07) is 3.99. The Kier molecular flexibility index (Phi) is 9.43. The van der Waals surface area contributed by atoms with Crippen molar-refractivity contribution in [1.82, 2.24) is 31.0 Å². The first-order valence-electron chi connectivity index (χ1n) is 9.80. The highest BCUT2D eigenvalue weighted by Crippen LogP contribution is 2.13. The third-order valence-corrected chi connectivity index (χ3v) is 5.21. The molecule has 0 aliphatic heterocycles. The van der Waals surface area contributed by atoms with E-state index in [0.717, 1.165) is 59.1 Å². The lowest BCUT2D eigenvalue weighted by atomic mass is 10.2. The third kappa shape index (κ3) is 7.58. The van der Waals surface area contributed by atoms with Crippen molar-refractivity contribution < 1.29 is 36.7 Å². The van der Waals surface area contributed by atoms with E-state index in [1.807, 2.05) is 0 Å². The monoisotopic (exact) mass is 568 g/mol. The van der Waals surface area contributed by atoms with Gasteiger partial charge in [-0.2, -0.15) is 0 Å². The average Bonchev–Trinajstić information content (AvgIpc) is 3.53. The highest BCUT2D eigenvalue weighted by molar-refractivity contribution is 7.13. The van der Waals surface area contributed by atoms with Crippen molar-refractivity contribution in [3.05, 3.63) is 81.8 Å². The van der Waals surface area contributed by atoms with Gasteiger partial charge in [-0.3, -0.25) is 30.9 Å². The second-order valence-electron chi connectivity index (χ2n) is 6.50. The molecule has 6 amide bonds. The molecule has 0 spiro atoms. The second-order valence-corrected chi connectivity index (χ2v) is 8.16. The van der Waals surface area contributed by atoms with Crippen molar-refractivity contribution in [2.75, 3.05) is 10.6 Å². The largest absolute Gasteiger partial charge is 0.328 e. The number of benzene rings is 2. The number of nitrogens with zero attached hydrogens (tertiary/aromatic N) is 4. The average molecular weight is 568 g/mol.